The number of benzene rings is 2. The number of carbonyl (C=O) groups is 1. The predicted molar refractivity (Wildman–Crippen MR) is 132 cm³/mol. The van der Waals surface area contributed by atoms with Crippen LogP contribution in [-0.4, -0.2) is 64.9 Å². The Hall–Kier alpha value is -3.76. The van der Waals surface area contributed by atoms with Crippen LogP contribution in [0.25, 0.3) is 27.5 Å². The lowest BCUT2D eigenvalue weighted by Gasteiger charge is -2.26. The predicted octanol–water partition coefficient (Wildman–Crippen LogP) is 3.12. The summed E-state index contributed by atoms with van der Waals surface area (Å²) in [6.07, 6.45) is 0. The SMILES string of the molecule is CCOc1ccc(-c2nn3c(-c4ccc(OCC(=O)N5CCOCC5)cc4)csc3nc2=O)cc1. The van der Waals surface area contributed by atoms with Crippen LogP contribution in [0, 0.1) is 0 Å². The van der Waals surface area contributed by atoms with Gasteiger partial charge >= 0.3 is 5.56 Å². The van der Waals surface area contributed by atoms with Gasteiger partial charge in [-0.05, 0) is 55.5 Å². The minimum absolute atomic E-state index is 0.0152. The third-order valence-electron chi connectivity index (χ3n) is 5.60. The van der Waals surface area contributed by atoms with Gasteiger partial charge in [0.2, 0.25) is 4.96 Å². The topological polar surface area (TPSA) is 95.3 Å². The lowest BCUT2D eigenvalue weighted by atomic mass is 10.1. The molecule has 0 bridgehead atoms. The summed E-state index contributed by atoms with van der Waals surface area (Å²) in [7, 11) is 0. The highest BCUT2D eigenvalue weighted by Crippen LogP contribution is 2.27. The fourth-order valence-electron chi connectivity index (χ4n) is 3.78. The quantitative estimate of drug-likeness (QED) is 0.391. The van der Waals surface area contributed by atoms with Crippen molar-refractivity contribution in [2.45, 2.75) is 6.92 Å². The van der Waals surface area contributed by atoms with Gasteiger partial charge in [-0.1, -0.05) is 0 Å². The second-order valence-electron chi connectivity index (χ2n) is 7.84. The number of rotatable bonds is 7. The molecule has 35 heavy (non-hydrogen) atoms. The molecule has 1 fully saturated rings. The summed E-state index contributed by atoms with van der Waals surface area (Å²) >= 11 is 1.35. The molecule has 3 heterocycles. The minimum Gasteiger partial charge on any atom is -0.494 e. The van der Waals surface area contributed by atoms with Crippen molar-refractivity contribution in [3.05, 3.63) is 64.3 Å². The van der Waals surface area contributed by atoms with Crippen LogP contribution >= 0.6 is 11.3 Å². The number of nitrogens with zero attached hydrogens (tertiary/aromatic N) is 4. The standard InChI is InChI=1S/C25H24N4O5S/c1-2-33-19-9-5-18(6-10-19)23-24(31)26-25-29(27-23)21(16-35-25)17-3-7-20(8-4-17)34-15-22(30)28-11-13-32-14-12-28/h3-10,16H,2,11-15H2,1H3. The van der Waals surface area contributed by atoms with Gasteiger partial charge in [0.1, 0.15) is 11.5 Å². The Bertz CT molecular complexity index is 1380. The lowest BCUT2D eigenvalue weighted by Crippen LogP contribution is -2.42. The zero-order valence-electron chi connectivity index (χ0n) is 19.2. The van der Waals surface area contributed by atoms with Crippen molar-refractivity contribution in [1.29, 1.82) is 0 Å². The van der Waals surface area contributed by atoms with Crippen LogP contribution in [0.4, 0.5) is 0 Å². The number of aromatic nitrogens is 3. The Kier molecular flexibility index (Phi) is 6.73. The number of thiazole rings is 1. The van der Waals surface area contributed by atoms with Crippen molar-refractivity contribution in [3.63, 3.8) is 0 Å². The smallest absolute Gasteiger partial charge is 0.300 e. The third-order valence-corrected chi connectivity index (χ3v) is 6.42. The molecule has 0 atom stereocenters. The van der Waals surface area contributed by atoms with Crippen LogP contribution in [0.5, 0.6) is 11.5 Å². The first-order chi connectivity index (χ1) is 17.1. The summed E-state index contributed by atoms with van der Waals surface area (Å²) in [5.74, 6) is 1.28. The fraction of sp³-hybridized carbons (Fsp3) is 0.280. The van der Waals surface area contributed by atoms with Gasteiger partial charge in [-0.15, -0.1) is 11.3 Å². The lowest BCUT2D eigenvalue weighted by molar-refractivity contribution is -0.137. The van der Waals surface area contributed by atoms with E-state index in [1.165, 1.54) is 11.3 Å². The van der Waals surface area contributed by atoms with Gasteiger partial charge < -0.3 is 19.1 Å². The van der Waals surface area contributed by atoms with Gasteiger partial charge in [0, 0.05) is 29.6 Å². The van der Waals surface area contributed by atoms with Crippen molar-refractivity contribution < 1.29 is 19.0 Å². The van der Waals surface area contributed by atoms with E-state index in [4.69, 9.17) is 14.2 Å². The number of morpholine rings is 1. The van der Waals surface area contributed by atoms with Gasteiger partial charge in [0.25, 0.3) is 5.91 Å². The summed E-state index contributed by atoms with van der Waals surface area (Å²) in [6, 6.07) is 14.7. The molecule has 2 aromatic heterocycles. The fourth-order valence-corrected chi connectivity index (χ4v) is 4.61. The molecule has 0 unspecified atom stereocenters. The molecule has 0 aliphatic carbocycles. The molecule has 4 aromatic rings. The molecule has 1 aliphatic heterocycles. The highest BCUT2D eigenvalue weighted by molar-refractivity contribution is 7.15. The normalized spacial score (nSPS) is 13.7. The van der Waals surface area contributed by atoms with E-state index < -0.39 is 0 Å². The second kappa shape index (κ2) is 10.2. The van der Waals surface area contributed by atoms with Crippen LogP contribution in [-0.2, 0) is 9.53 Å². The molecule has 10 heteroatoms. The van der Waals surface area contributed by atoms with E-state index in [0.29, 0.717) is 49.2 Å². The molecular weight excluding hydrogens is 468 g/mol. The van der Waals surface area contributed by atoms with Crippen molar-refractivity contribution in [3.8, 4) is 34.0 Å². The van der Waals surface area contributed by atoms with Gasteiger partial charge in [-0.2, -0.15) is 10.1 Å². The average Bonchev–Trinajstić information content (AvgIpc) is 3.31. The Morgan fingerprint density at radius 3 is 2.34 bits per heavy atom. The maximum atomic E-state index is 12.6. The van der Waals surface area contributed by atoms with E-state index in [9.17, 15) is 9.59 Å². The van der Waals surface area contributed by atoms with Crippen molar-refractivity contribution in [1.82, 2.24) is 19.5 Å². The average molecular weight is 493 g/mol. The van der Waals surface area contributed by atoms with Crippen molar-refractivity contribution in [2.24, 2.45) is 0 Å². The van der Waals surface area contributed by atoms with Gasteiger partial charge in [0.05, 0.1) is 25.5 Å². The number of carbonyl (C=O) groups excluding carboxylic acids is 1. The number of amides is 1. The molecule has 1 aliphatic rings. The minimum atomic E-state index is -0.378. The molecule has 0 N–H and O–H groups in total. The zero-order chi connectivity index (χ0) is 24.2. The Balaban J connectivity index is 1.35. The number of ether oxygens (including phenoxy) is 3. The molecule has 0 saturated carbocycles. The molecule has 1 amide bonds. The Labute approximate surface area is 205 Å². The summed E-state index contributed by atoms with van der Waals surface area (Å²) in [5, 5.41) is 6.52. The molecule has 2 aromatic carbocycles. The van der Waals surface area contributed by atoms with Crippen molar-refractivity contribution in [2.75, 3.05) is 39.5 Å². The summed E-state index contributed by atoms with van der Waals surface area (Å²) in [6.45, 7) is 4.77. The van der Waals surface area contributed by atoms with E-state index >= 15 is 0 Å². The van der Waals surface area contributed by atoms with Crippen LogP contribution in [0.3, 0.4) is 0 Å². The molecule has 0 spiro atoms. The van der Waals surface area contributed by atoms with Gasteiger partial charge in [-0.25, -0.2) is 4.52 Å². The van der Waals surface area contributed by atoms with Crippen LogP contribution in [0.2, 0.25) is 0 Å². The van der Waals surface area contributed by atoms with E-state index in [0.717, 1.165) is 17.0 Å². The number of fused-ring (bicyclic) bond motifs is 1. The maximum absolute atomic E-state index is 12.6. The first-order valence-corrected chi connectivity index (χ1v) is 12.2. The first-order valence-electron chi connectivity index (χ1n) is 11.3. The van der Waals surface area contributed by atoms with E-state index in [-0.39, 0.29) is 23.8 Å². The summed E-state index contributed by atoms with van der Waals surface area (Å²) < 4.78 is 18.1. The second-order valence-corrected chi connectivity index (χ2v) is 8.68. The van der Waals surface area contributed by atoms with Gasteiger partial charge in [-0.3, -0.25) is 9.59 Å². The van der Waals surface area contributed by atoms with Crippen LogP contribution in [0.15, 0.2) is 58.7 Å². The highest BCUT2D eigenvalue weighted by Gasteiger charge is 2.17. The van der Waals surface area contributed by atoms with Crippen LogP contribution < -0.4 is 15.0 Å². The Morgan fingerprint density at radius 1 is 1.00 bits per heavy atom. The largest absolute Gasteiger partial charge is 0.494 e. The molecule has 180 valence electrons. The van der Waals surface area contributed by atoms with Gasteiger partial charge in [0.15, 0.2) is 12.3 Å². The van der Waals surface area contributed by atoms with Crippen molar-refractivity contribution >= 4 is 22.2 Å². The Morgan fingerprint density at radius 2 is 1.66 bits per heavy atom. The molecular formula is C25H24N4O5S. The zero-order valence-corrected chi connectivity index (χ0v) is 20.0. The summed E-state index contributed by atoms with van der Waals surface area (Å²) in [5.41, 5.74) is 2.26. The highest BCUT2D eigenvalue weighted by atomic mass is 32.1. The number of hydrogen-bond acceptors (Lipinski definition) is 8. The van der Waals surface area contributed by atoms with E-state index in [1.807, 2.05) is 48.7 Å². The molecule has 0 radical (unpaired) electrons. The third kappa shape index (κ3) is 5.03. The first kappa shape index (κ1) is 23.0. The molecule has 9 nitrogen and oxygen atoms in total. The maximum Gasteiger partial charge on any atom is 0.300 e. The summed E-state index contributed by atoms with van der Waals surface area (Å²) in [4.78, 5) is 31.4. The molecule has 5 rings (SSSR count). The van der Waals surface area contributed by atoms with E-state index in [1.54, 1.807) is 21.5 Å². The monoisotopic (exact) mass is 492 g/mol. The van der Waals surface area contributed by atoms with E-state index in [2.05, 4.69) is 10.1 Å². The van der Waals surface area contributed by atoms with Crippen LogP contribution in [0.1, 0.15) is 6.92 Å². The molecule has 1 saturated heterocycles. The number of hydrogen-bond donors (Lipinski definition) is 0.